The van der Waals surface area contributed by atoms with Crippen LogP contribution in [0.5, 0.6) is 0 Å². The lowest BCUT2D eigenvalue weighted by molar-refractivity contribution is -0.150. The highest BCUT2D eigenvalue weighted by Crippen LogP contribution is 2.68. The quantitative estimate of drug-likeness (QED) is 0.598. The van der Waals surface area contributed by atoms with Crippen LogP contribution >= 0.6 is 0 Å². The molecule has 0 saturated heterocycles. The van der Waals surface area contributed by atoms with Crippen molar-refractivity contribution < 1.29 is 14.6 Å². The van der Waals surface area contributed by atoms with Crippen LogP contribution in [-0.4, -0.2) is 35.2 Å². The van der Waals surface area contributed by atoms with Gasteiger partial charge < -0.3 is 9.84 Å². The van der Waals surface area contributed by atoms with Gasteiger partial charge in [-0.2, -0.15) is 0 Å². The molecule has 0 amide bonds. The Morgan fingerprint density at radius 3 is 2.63 bits per heavy atom. The smallest absolute Gasteiger partial charge is 0.155 e. The third-order valence-electron chi connectivity index (χ3n) is 10.3. The second-order valence-corrected chi connectivity index (χ2v) is 11.8. The molecular weight excluding hydrogens is 434 g/mol. The Bertz CT molecular complexity index is 1130. The fraction of sp³-hybridized carbons (Fsp3) is 0.548. The van der Waals surface area contributed by atoms with E-state index in [9.17, 15) is 9.90 Å². The van der Waals surface area contributed by atoms with E-state index in [1.165, 1.54) is 16.7 Å². The first-order chi connectivity index (χ1) is 16.9. The van der Waals surface area contributed by atoms with E-state index in [0.29, 0.717) is 48.4 Å². The number of ether oxygens (including phenoxy) is 1. The Morgan fingerprint density at radius 1 is 1.06 bits per heavy atom. The average Bonchev–Trinajstić information content (AvgIpc) is 3.14. The maximum Gasteiger partial charge on any atom is 0.155 e. The lowest BCUT2D eigenvalue weighted by Gasteiger charge is -2.58. The van der Waals surface area contributed by atoms with Crippen LogP contribution in [-0.2, 0) is 9.53 Å². The molecule has 35 heavy (non-hydrogen) atoms. The average molecular weight is 472 g/mol. The van der Waals surface area contributed by atoms with Gasteiger partial charge in [0.15, 0.2) is 5.78 Å². The number of rotatable bonds is 4. The molecule has 1 aromatic heterocycles. The minimum absolute atomic E-state index is 0.164. The van der Waals surface area contributed by atoms with Crippen LogP contribution in [0.15, 0.2) is 60.4 Å². The zero-order chi connectivity index (χ0) is 24.2. The molecule has 6 rings (SSSR count). The van der Waals surface area contributed by atoms with Crippen molar-refractivity contribution >= 4 is 5.78 Å². The fourth-order valence-electron chi connectivity index (χ4n) is 8.68. The molecule has 3 saturated carbocycles. The number of pyridine rings is 1. The molecule has 0 unspecified atom stereocenters. The number of nitrogens with zero attached hydrogens (tertiary/aromatic N) is 1. The number of carbonyl (C=O) groups is 1. The summed E-state index contributed by atoms with van der Waals surface area (Å²) in [6, 6.07) is 13.2. The number of fused-ring (bicyclic) bond motifs is 5. The van der Waals surface area contributed by atoms with Gasteiger partial charge in [0, 0.05) is 31.3 Å². The van der Waals surface area contributed by atoms with Crippen LogP contribution < -0.4 is 0 Å². The molecule has 0 aliphatic heterocycles. The predicted molar refractivity (Wildman–Crippen MR) is 137 cm³/mol. The molecule has 4 nitrogen and oxygen atoms in total. The predicted octanol–water partition coefficient (Wildman–Crippen LogP) is 5.96. The van der Waals surface area contributed by atoms with Gasteiger partial charge in [-0.05, 0) is 96.9 Å². The molecule has 0 bridgehead atoms. The van der Waals surface area contributed by atoms with Crippen molar-refractivity contribution in [3.8, 4) is 11.1 Å². The summed E-state index contributed by atoms with van der Waals surface area (Å²) in [4.78, 5) is 16.5. The van der Waals surface area contributed by atoms with Gasteiger partial charge in [-0.3, -0.25) is 9.78 Å². The first-order valence-corrected chi connectivity index (χ1v) is 13.4. The number of ketones is 1. The zero-order valence-corrected chi connectivity index (χ0v) is 21.0. The fourth-order valence-corrected chi connectivity index (χ4v) is 8.68. The van der Waals surface area contributed by atoms with Gasteiger partial charge in [0.05, 0.1) is 12.2 Å². The van der Waals surface area contributed by atoms with Crippen LogP contribution in [0.4, 0.5) is 0 Å². The first kappa shape index (κ1) is 23.1. The Kier molecular flexibility index (Phi) is 5.73. The number of carbonyl (C=O) groups excluding carboxylic acids is 1. The Morgan fingerprint density at radius 2 is 1.89 bits per heavy atom. The molecule has 4 aliphatic rings. The molecule has 7 atom stereocenters. The standard InChI is InChI=1S/C31H37NO3/c1-30-17-27(21-7-5-20(6-8-21)23-4-3-15-32-18-23)29-25-12-10-24(33)16-22(25)9-11-26(29)28(30)13-14-31(30,34)19-35-2/h3-8,15-16,18,25-29,34H,9-14,17,19H2,1-2H3/t25-,26-,27+,28-,29+,30-,31+/m0/s1. The Hall–Kier alpha value is -2.30. The van der Waals surface area contributed by atoms with Gasteiger partial charge in [-0.15, -0.1) is 0 Å². The monoisotopic (exact) mass is 471 g/mol. The second kappa shape index (κ2) is 8.67. The number of methoxy groups -OCH3 is 1. The van der Waals surface area contributed by atoms with Gasteiger partial charge in [0.2, 0.25) is 0 Å². The Labute approximate surface area is 208 Å². The molecule has 0 spiro atoms. The topological polar surface area (TPSA) is 59.4 Å². The number of hydrogen-bond acceptors (Lipinski definition) is 4. The van der Waals surface area contributed by atoms with Crippen molar-refractivity contribution in [1.82, 2.24) is 4.98 Å². The minimum atomic E-state index is -0.774. The molecular formula is C31H37NO3. The molecule has 1 N–H and O–H groups in total. The Balaban J connectivity index is 1.41. The van der Waals surface area contributed by atoms with E-state index >= 15 is 0 Å². The molecule has 4 heteroatoms. The third kappa shape index (κ3) is 3.64. The van der Waals surface area contributed by atoms with Crippen molar-refractivity contribution in [2.24, 2.45) is 29.1 Å². The first-order valence-electron chi connectivity index (χ1n) is 13.4. The molecule has 184 valence electrons. The molecule has 4 aliphatic carbocycles. The van der Waals surface area contributed by atoms with Crippen LogP contribution in [0.2, 0.25) is 0 Å². The summed E-state index contributed by atoms with van der Waals surface area (Å²) in [5.41, 5.74) is 4.14. The van der Waals surface area contributed by atoms with Gasteiger partial charge in [0.25, 0.3) is 0 Å². The number of allylic oxidation sites excluding steroid dienone is 1. The van der Waals surface area contributed by atoms with Crippen LogP contribution in [0.1, 0.15) is 63.4 Å². The highest BCUT2D eigenvalue weighted by Gasteiger charge is 2.64. The van der Waals surface area contributed by atoms with E-state index in [1.54, 1.807) is 7.11 Å². The van der Waals surface area contributed by atoms with E-state index in [4.69, 9.17) is 4.74 Å². The van der Waals surface area contributed by atoms with Crippen molar-refractivity contribution in [3.63, 3.8) is 0 Å². The van der Waals surface area contributed by atoms with Crippen molar-refractivity contribution in [2.75, 3.05) is 13.7 Å². The van der Waals surface area contributed by atoms with E-state index in [0.717, 1.165) is 44.1 Å². The van der Waals surface area contributed by atoms with Crippen LogP contribution in [0.3, 0.4) is 0 Å². The lowest BCUT2D eigenvalue weighted by Crippen LogP contribution is -2.56. The van der Waals surface area contributed by atoms with E-state index < -0.39 is 5.60 Å². The highest BCUT2D eigenvalue weighted by molar-refractivity contribution is 5.91. The van der Waals surface area contributed by atoms with Crippen LogP contribution in [0, 0.1) is 29.1 Å². The largest absolute Gasteiger partial charge is 0.387 e. The summed E-state index contributed by atoms with van der Waals surface area (Å²) in [6.45, 7) is 2.75. The van der Waals surface area contributed by atoms with Crippen molar-refractivity contribution in [3.05, 3.63) is 66.0 Å². The third-order valence-corrected chi connectivity index (χ3v) is 10.3. The highest BCUT2D eigenvalue weighted by atomic mass is 16.5. The van der Waals surface area contributed by atoms with Gasteiger partial charge in [-0.25, -0.2) is 0 Å². The zero-order valence-electron chi connectivity index (χ0n) is 21.0. The summed E-state index contributed by atoms with van der Waals surface area (Å²) in [7, 11) is 1.71. The normalized spacial score (nSPS) is 38.3. The maximum atomic E-state index is 12.3. The number of hydrogen-bond donors (Lipinski definition) is 1. The second-order valence-electron chi connectivity index (χ2n) is 11.8. The maximum absolute atomic E-state index is 12.3. The molecule has 0 radical (unpaired) electrons. The molecule has 2 aromatic rings. The summed E-state index contributed by atoms with van der Waals surface area (Å²) in [6.07, 6.45) is 12.4. The van der Waals surface area contributed by atoms with Crippen molar-refractivity contribution in [2.45, 2.75) is 63.4 Å². The summed E-state index contributed by atoms with van der Waals surface area (Å²) < 4.78 is 5.58. The van der Waals surface area contributed by atoms with Crippen molar-refractivity contribution in [1.29, 1.82) is 0 Å². The number of aromatic nitrogens is 1. The lowest BCUT2D eigenvalue weighted by atomic mass is 9.46. The number of aliphatic hydroxyl groups is 1. The molecule has 3 fully saturated rings. The molecule has 1 heterocycles. The SMILES string of the molecule is COC[C@]1(O)CC[C@H]2[C@@H]3CCC4=CC(=O)CC[C@@H]4[C@H]3[C@@H](c3ccc(-c4cccnc4)cc3)C[C@@]21C. The van der Waals surface area contributed by atoms with E-state index in [2.05, 4.69) is 42.2 Å². The number of benzene rings is 1. The minimum Gasteiger partial charge on any atom is -0.387 e. The summed E-state index contributed by atoms with van der Waals surface area (Å²) in [5.74, 6) is 2.80. The van der Waals surface area contributed by atoms with E-state index in [-0.39, 0.29) is 5.41 Å². The van der Waals surface area contributed by atoms with E-state index in [1.807, 2.05) is 24.5 Å². The van der Waals surface area contributed by atoms with Crippen LogP contribution in [0.25, 0.3) is 11.1 Å². The summed E-state index contributed by atoms with van der Waals surface area (Å²) >= 11 is 0. The van der Waals surface area contributed by atoms with Gasteiger partial charge in [-0.1, -0.05) is 42.8 Å². The van der Waals surface area contributed by atoms with Gasteiger partial charge in [0.1, 0.15) is 0 Å². The summed E-state index contributed by atoms with van der Waals surface area (Å²) in [5, 5.41) is 11.9. The van der Waals surface area contributed by atoms with Gasteiger partial charge >= 0.3 is 0 Å². The molecule has 1 aromatic carbocycles.